The first-order valence-corrected chi connectivity index (χ1v) is 3.59. The van der Waals surface area contributed by atoms with Gasteiger partial charge in [-0.1, -0.05) is 6.92 Å². The molecule has 1 unspecified atom stereocenters. The first kappa shape index (κ1) is 10.7. The second-order valence-corrected chi connectivity index (χ2v) is 3.19. The molecule has 0 bridgehead atoms. The topological polar surface area (TPSA) is 63.3 Å². The molecule has 11 heavy (non-hydrogen) atoms. The van der Waals surface area contributed by atoms with Crippen LogP contribution in [-0.4, -0.2) is 17.1 Å². The average Bonchev–Trinajstić information content (AvgIpc) is 2.10. The maximum absolute atomic E-state index is 10.5. The first-order valence-electron chi connectivity index (χ1n) is 3.59. The van der Waals surface area contributed by atoms with Crippen LogP contribution in [0, 0.1) is 11.8 Å². The third-order valence-corrected chi connectivity index (χ3v) is 2.16. The molecule has 0 spiro atoms. The number of rotatable bonds is 1. The number of carboxylic acid groups (broad SMARTS) is 1. The van der Waals surface area contributed by atoms with Gasteiger partial charge in [-0.05, 0) is 18.8 Å². The van der Waals surface area contributed by atoms with E-state index in [9.17, 15) is 4.79 Å². The van der Waals surface area contributed by atoms with Gasteiger partial charge in [0.2, 0.25) is 0 Å². The lowest BCUT2D eigenvalue weighted by atomic mass is 10.1. The highest BCUT2D eigenvalue weighted by molar-refractivity contribution is 5.85. The summed E-state index contributed by atoms with van der Waals surface area (Å²) < 4.78 is 0. The van der Waals surface area contributed by atoms with Crippen LogP contribution in [0.5, 0.6) is 0 Å². The Morgan fingerprint density at radius 3 is 2.27 bits per heavy atom. The molecule has 1 fully saturated rings. The van der Waals surface area contributed by atoms with E-state index >= 15 is 0 Å². The molecule has 0 amide bonds. The van der Waals surface area contributed by atoms with Crippen molar-refractivity contribution in [2.75, 3.05) is 0 Å². The van der Waals surface area contributed by atoms with Gasteiger partial charge in [0.1, 0.15) is 0 Å². The Kier molecular flexibility index (Phi) is 3.83. The fourth-order valence-electron chi connectivity index (χ4n) is 1.62. The summed E-state index contributed by atoms with van der Waals surface area (Å²) in [6, 6.07) is -0.118. The van der Waals surface area contributed by atoms with Crippen LogP contribution in [0.2, 0.25) is 0 Å². The minimum atomic E-state index is -0.739. The second-order valence-electron chi connectivity index (χ2n) is 3.19. The van der Waals surface area contributed by atoms with Crippen LogP contribution in [0.4, 0.5) is 0 Å². The number of carboxylic acids is 1. The summed E-state index contributed by atoms with van der Waals surface area (Å²) >= 11 is 0. The summed E-state index contributed by atoms with van der Waals surface area (Å²) in [7, 11) is 0. The first-order chi connectivity index (χ1) is 4.61. The van der Waals surface area contributed by atoms with Gasteiger partial charge >= 0.3 is 5.97 Å². The zero-order chi connectivity index (χ0) is 7.72. The van der Waals surface area contributed by atoms with E-state index in [1.54, 1.807) is 0 Å². The van der Waals surface area contributed by atoms with Crippen molar-refractivity contribution in [3.63, 3.8) is 0 Å². The van der Waals surface area contributed by atoms with Gasteiger partial charge in [-0.2, -0.15) is 0 Å². The SMILES string of the molecule is CC1C[C@H](N)[C@H](C(=O)O)C1.Cl. The smallest absolute Gasteiger partial charge is 0.308 e. The standard InChI is InChI=1S/C7H13NO2.ClH/c1-4-2-5(7(9)10)6(8)3-4;/h4-6H,2-3,8H2,1H3,(H,9,10);1H/t4?,5-,6+;/m1./s1. The van der Waals surface area contributed by atoms with Gasteiger partial charge in [0.25, 0.3) is 0 Å². The number of hydrogen-bond donors (Lipinski definition) is 2. The summed E-state index contributed by atoms with van der Waals surface area (Å²) in [6.45, 7) is 2.04. The van der Waals surface area contributed by atoms with Crippen LogP contribution in [0.15, 0.2) is 0 Å². The van der Waals surface area contributed by atoms with Gasteiger partial charge in [0, 0.05) is 6.04 Å². The maximum atomic E-state index is 10.5. The molecule has 3 N–H and O–H groups in total. The van der Waals surface area contributed by atoms with Crippen molar-refractivity contribution in [2.45, 2.75) is 25.8 Å². The second kappa shape index (κ2) is 3.93. The van der Waals surface area contributed by atoms with Crippen molar-refractivity contribution in [2.24, 2.45) is 17.6 Å². The molecule has 1 aliphatic carbocycles. The lowest BCUT2D eigenvalue weighted by Crippen LogP contribution is -2.30. The molecule has 1 aliphatic rings. The number of hydrogen-bond acceptors (Lipinski definition) is 2. The molecular weight excluding hydrogens is 166 g/mol. The predicted molar refractivity (Wildman–Crippen MR) is 44.7 cm³/mol. The molecule has 3 nitrogen and oxygen atoms in total. The number of nitrogens with two attached hydrogens (primary N) is 1. The van der Waals surface area contributed by atoms with E-state index < -0.39 is 5.97 Å². The average molecular weight is 180 g/mol. The number of carbonyl (C=O) groups is 1. The van der Waals surface area contributed by atoms with Gasteiger partial charge in [-0.25, -0.2) is 0 Å². The van der Waals surface area contributed by atoms with E-state index in [0.717, 1.165) is 12.8 Å². The Labute approximate surface area is 72.4 Å². The molecule has 3 atom stereocenters. The molecule has 1 saturated carbocycles. The molecule has 0 radical (unpaired) electrons. The van der Waals surface area contributed by atoms with Crippen molar-refractivity contribution >= 4 is 18.4 Å². The Bertz CT molecular complexity index is 151. The quantitative estimate of drug-likeness (QED) is 0.628. The molecule has 0 saturated heterocycles. The summed E-state index contributed by atoms with van der Waals surface area (Å²) in [6.07, 6.45) is 1.60. The monoisotopic (exact) mass is 179 g/mol. The summed E-state index contributed by atoms with van der Waals surface area (Å²) in [5.41, 5.74) is 5.59. The van der Waals surface area contributed by atoms with Gasteiger partial charge < -0.3 is 10.8 Å². The van der Waals surface area contributed by atoms with E-state index in [0.29, 0.717) is 5.92 Å². The van der Waals surface area contributed by atoms with Crippen molar-refractivity contribution in [3.05, 3.63) is 0 Å². The summed E-state index contributed by atoms with van der Waals surface area (Å²) in [5, 5.41) is 8.62. The minimum Gasteiger partial charge on any atom is -0.481 e. The molecule has 4 heteroatoms. The van der Waals surface area contributed by atoms with Crippen LogP contribution < -0.4 is 5.73 Å². The Morgan fingerprint density at radius 2 is 2.09 bits per heavy atom. The summed E-state index contributed by atoms with van der Waals surface area (Å²) in [5.74, 6) is -0.553. The van der Waals surface area contributed by atoms with Crippen molar-refractivity contribution < 1.29 is 9.90 Å². The van der Waals surface area contributed by atoms with Crippen LogP contribution in [0.3, 0.4) is 0 Å². The third kappa shape index (κ3) is 2.34. The summed E-state index contributed by atoms with van der Waals surface area (Å²) in [4.78, 5) is 10.5. The lowest BCUT2D eigenvalue weighted by molar-refractivity contribution is -0.141. The molecule has 0 aromatic heterocycles. The fraction of sp³-hybridized carbons (Fsp3) is 0.857. The van der Waals surface area contributed by atoms with E-state index in [2.05, 4.69) is 0 Å². The number of halogens is 1. The Balaban J connectivity index is 0.000001000. The minimum absolute atomic E-state index is 0. The van der Waals surface area contributed by atoms with Crippen molar-refractivity contribution in [1.82, 2.24) is 0 Å². The maximum Gasteiger partial charge on any atom is 0.308 e. The van der Waals surface area contributed by atoms with Gasteiger partial charge in [-0.15, -0.1) is 12.4 Å². The predicted octanol–water partition coefficient (Wildman–Crippen LogP) is 0.866. The zero-order valence-corrected chi connectivity index (χ0v) is 7.30. The highest BCUT2D eigenvalue weighted by Gasteiger charge is 2.34. The zero-order valence-electron chi connectivity index (χ0n) is 6.49. The van der Waals surface area contributed by atoms with Crippen LogP contribution >= 0.6 is 12.4 Å². The molecule has 0 heterocycles. The molecule has 1 rings (SSSR count). The third-order valence-electron chi connectivity index (χ3n) is 2.16. The van der Waals surface area contributed by atoms with E-state index in [1.165, 1.54) is 0 Å². The molecule has 0 aliphatic heterocycles. The van der Waals surface area contributed by atoms with Crippen LogP contribution in [-0.2, 0) is 4.79 Å². The highest BCUT2D eigenvalue weighted by Crippen LogP contribution is 2.29. The van der Waals surface area contributed by atoms with Crippen LogP contribution in [0.25, 0.3) is 0 Å². The fourth-order valence-corrected chi connectivity index (χ4v) is 1.62. The van der Waals surface area contributed by atoms with E-state index in [-0.39, 0.29) is 24.4 Å². The van der Waals surface area contributed by atoms with E-state index in [1.807, 2.05) is 6.92 Å². The lowest BCUT2D eigenvalue weighted by Gasteiger charge is -2.07. The molecular formula is C7H14ClNO2. The van der Waals surface area contributed by atoms with Crippen LogP contribution in [0.1, 0.15) is 19.8 Å². The van der Waals surface area contributed by atoms with Gasteiger partial charge in [-0.3, -0.25) is 4.79 Å². The largest absolute Gasteiger partial charge is 0.481 e. The highest BCUT2D eigenvalue weighted by atomic mass is 35.5. The Morgan fingerprint density at radius 1 is 1.55 bits per heavy atom. The van der Waals surface area contributed by atoms with Crippen molar-refractivity contribution in [1.29, 1.82) is 0 Å². The normalized spacial score (nSPS) is 36.4. The molecule has 0 aromatic carbocycles. The Hall–Kier alpha value is -0.280. The molecule has 66 valence electrons. The van der Waals surface area contributed by atoms with Gasteiger partial charge in [0.05, 0.1) is 5.92 Å². The van der Waals surface area contributed by atoms with Crippen molar-refractivity contribution in [3.8, 4) is 0 Å². The van der Waals surface area contributed by atoms with E-state index in [4.69, 9.17) is 10.8 Å². The van der Waals surface area contributed by atoms with Gasteiger partial charge in [0.15, 0.2) is 0 Å². The molecule has 0 aromatic rings. The number of aliphatic carboxylic acids is 1.